The van der Waals surface area contributed by atoms with Crippen LogP contribution in [0.25, 0.3) is 10.4 Å². The van der Waals surface area contributed by atoms with E-state index in [0.29, 0.717) is 18.4 Å². The molecule has 8 heteroatoms. The molecule has 0 aromatic carbocycles. The van der Waals surface area contributed by atoms with Gasteiger partial charge in [-0.3, -0.25) is 14.3 Å². The van der Waals surface area contributed by atoms with E-state index in [2.05, 4.69) is 15.0 Å². The predicted octanol–water partition coefficient (Wildman–Crippen LogP) is 1.09. The molecule has 0 unspecified atom stereocenters. The Morgan fingerprint density at radius 2 is 2.37 bits per heavy atom. The lowest BCUT2D eigenvalue weighted by Crippen LogP contribution is -2.34. The van der Waals surface area contributed by atoms with Crippen LogP contribution in [-0.4, -0.2) is 22.2 Å². The minimum Gasteiger partial charge on any atom is -0.355 e. The average Bonchev–Trinajstić information content (AvgIpc) is 2.85. The molecule has 1 aliphatic heterocycles. The lowest BCUT2D eigenvalue weighted by molar-refractivity contribution is 0.00351. The van der Waals surface area contributed by atoms with Gasteiger partial charge < -0.3 is 4.74 Å². The number of hydrogen-bond acceptors (Lipinski definition) is 4. The van der Waals surface area contributed by atoms with Crippen LogP contribution in [0.3, 0.4) is 0 Å². The molecule has 1 aromatic heterocycles. The quantitative estimate of drug-likeness (QED) is 0.499. The van der Waals surface area contributed by atoms with Gasteiger partial charge >= 0.3 is 5.69 Å². The van der Waals surface area contributed by atoms with Gasteiger partial charge in [0.1, 0.15) is 6.23 Å². The monoisotopic (exact) mass is 265 g/mol. The Kier molecular flexibility index (Phi) is 4.03. The highest BCUT2D eigenvalue weighted by Crippen LogP contribution is 2.27. The van der Waals surface area contributed by atoms with Crippen molar-refractivity contribution in [3.8, 4) is 0 Å². The Labute approximate surface area is 108 Å². The normalized spacial score (nSPS) is 22.2. The maximum Gasteiger partial charge on any atom is 0.330 e. The Morgan fingerprint density at radius 3 is 3.05 bits per heavy atom. The number of aromatic nitrogens is 2. The Hall–Kier alpha value is -2.05. The van der Waals surface area contributed by atoms with Crippen molar-refractivity contribution in [2.24, 2.45) is 5.11 Å². The van der Waals surface area contributed by atoms with Crippen molar-refractivity contribution in [3.63, 3.8) is 0 Å². The molecular weight excluding hydrogens is 250 g/mol. The summed E-state index contributed by atoms with van der Waals surface area (Å²) in [6, 6.07) is 0. The number of azide groups is 1. The molecule has 0 radical (unpaired) electrons. The molecule has 0 saturated carbocycles. The summed E-state index contributed by atoms with van der Waals surface area (Å²) in [6.45, 7) is 2.10. The molecule has 1 aromatic rings. The summed E-state index contributed by atoms with van der Waals surface area (Å²) in [5, 5.41) is 3.46. The van der Waals surface area contributed by atoms with Crippen molar-refractivity contribution in [3.05, 3.63) is 43.0 Å². The van der Waals surface area contributed by atoms with E-state index < -0.39 is 11.9 Å². The van der Waals surface area contributed by atoms with Crippen LogP contribution in [-0.2, 0) is 11.2 Å². The maximum absolute atomic E-state index is 11.8. The number of hydrogen-bond donors (Lipinski definition) is 1. The summed E-state index contributed by atoms with van der Waals surface area (Å²) >= 11 is 0. The summed E-state index contributed by atoms with van der Waals surface area (Å²) in [6.07, 6.45) is 2.88. The first-order valence-corrected chi connectivity index (χ1v) is 6.16. The predicted molar refractivity (Wildman–Crippen MR) is 67.9 cm³/mol. The SMILES string of the molecule is CCc1cn([C@@H]2CC[C@H](CN=[N+]=[N-])O2)c(=O)[nH]c1=O. The van der Waals surface area contributed by atoms with Gasteiger partial charge in [0.15, 0.2) is 0 Å². The fraction of sp³-hybridized carbons (Fsp3) is 0.636. The molecule has 1 aliphatic rings. The van der Waals surface area contributed by atoms with Crippen molar-refractivity contribution in [2.75, 3.05) is 6.54 Å². The molecule has 0 spiro atoms. The molecule has 2 atom stereocenters. The van der Waals surface area contributed by atoms with E-state index >= 15 is 0 Å². The topological polar surface area (TPSA) is 113 Å². The number of aryl methyl sites for hydroxylation is 1. The van der Waals surface area contributed by atoms with Gasteiger partial charge in [-0.1, -0.05) is 12.0 Å². The van der Waals surface area contributed by atoms with E-state index in [9.17, 15) is 9.59 Å². The summed E-state index contributed by atoms with van der Waals surface area (Å²) in [4.78, 5) is 28.2. The zero-order valence-electron chi connectivity index (χ0n) is 10.6. The van der Waals surface area contributed by atoms with Gasteiger partial charge in [0, 0.05) is 16.7 Å². The van der Waals surface area contributed by atoms with Crippen molar-refractivity contribution in [1.29, 1.82) is 0 Å². The number of nitrogens with zero attached hydrogens (tertiary/aromatic N) is 4. The van der Waals surface area contributed by atoms with Gasteiger partial charge in [0.2, 0.25) is 0 Å². The molecule has 0 bridgehead atoms. The summed E-state index contributed by atoms with van der Waals surface area (Å²) in [7, 11) is 0. The summed E-state index contributed by atoms with van der Waals surface area (Å²) in [5.41, 5.74) is 7.97. The maximum atomic E-state index is 11.8. The average molecular weight is 265 g/mol. The highest BCUT2D eigenvalue weighted by atomic mass is 16.5. The van der Waals surface area contributed by atoms with E-state index in [0.717, 1.165) is 6.42 Å². The Bertz CT molecular complexity index is 613. The number of H-pyrrole nitrogens is 1. The second-order valence-corrected chi connectivity index (χ2v) is 4.38. The fourth-order valence-corrected chi connectivity index (χ4v) is 2.15. The van der Waals surface area contributed by atoms with Gasteiger partial charge in [-0.25, -0.2) is 4.79 Å². The van der Waals surface area contributed by atoms with Crippen LogP contribution in [0.5, 0.6) is 0 Å². The Balaban J connectivity index is 2.22. The van der Waals surface area contributed by atoms with E-state index in [-0.39, 0.29) is 18.2 Å². The molecule has 1 saturated heterocycles. The molecule has 8 nitrogen and oxygen atoms in total. The van der Waals surface area contributed by atoms with Crippen LogP contribution in [0.1, 0.15) is 31.6 Å². The van der Waals surface area contributed by atoms with Crippen LogP contribution in [0, 0.1) is 0 Å². The van der Waals surface area contributed by atoms with Gasteiger partial charge in [-0.05, 0) is 24.8 Å². The molecule has 19 heavy (non-hydrogen) atoms. The zero-order valence-corrected chi connectivity index (χ0v) is 10.6. The lowest BCUT2D eigenvalue weighted by atomic mass is 10.2. The van der Waals surface area contributed by atoms with Crippen molar-refractivity contribution in [2.45, 2.75) is 38.5 Å². The third kappa shape index (κ3) is 2.86. The smallest absolute Gasteiger partial charge is 0.330 e. The van der Waals surface area contributed by atoms with Gasteiger partial charge in [-0.15, -0.1) is 0 Å². The second kappa shape index (κ2) is 5.73. The third-order valence-corrected chi connectivity index (χ3v) is 3.17. The first kappa shape index (κ1) is 13.4. The second-order valence-electron chi connectivity index (χ2n) is 4.38. The number of nitrogens with one attached hydrogen (secondary N) is 1. The molecule has 2 rings (SSSR count). The summed E-state index contributed by atoms with van der Waals surface area (Å²) in [5.74, 6) is 0. The number of rotatable bonds is 4. The van der Waals surface area contributed by atoms with E-state index in [1.807, 2.05) is 6.92 Å². The van der Waals surface area contributed by atoms with Crippen LogP contribution in [0.4, 0.5) is 0 Å². The van der Waals surface area contributed by atoms with E-state index in [4.69, 9.17) is 10.3 Å². The highest BCUT2D eigenvalue weighted by molar-refractivity contribution is 5.04. The van der Waals surface area contributed by atoms with E-state index in [1.165, 1.54) is 4.57 Å². The van der Waals surface area contributed by atoms with Gasteiger partial charge in [0.25, 0.3) is 5.56 Å². The Morgan fingerprint density at radius 1 is 1.58 bits per heavy atom. The molecular formula is C11H15N5O3. The highest BCUT2D eigenvalue weighted by Gasteiger charge is 2.27. The molecule has 0 aliphatic carbocycles. The van der Waals surface area contributed by atoms with Crippen LogP contribution in [0.2, 0.25) is 0 Å². The number of ether oxygens (including phenoxy) is 1. The first-order valence-electron chi connectivity index (χ1n) is 6.16. The largest absolute Gasteiger partial charge is 0.355 e. The van der Waals surface area contributed by atoms with Crippen molar-refractivity contribution in [1.82, 2.24) is 9.55 Å². The molecule has 0 amide bonds. The summed E-state index contributed by atoms with van der Waals surface area (Å²) < 4.78 is 7.04. The third-order valence-electron chi connectivity index (χ3n) is 3.17. The molecule has 2 heterocycles. The molecule has 1 N–H and O–H groups in total. The van der Waals surface area contributed by atoms with Gasteiger partial charge in [-0.2, -0.15) is 0 Å². The van der Waals surface area contributed by atoms with Gasteiger partial charge in [0.05, 0.1) is 12.6 Å². The molecule has 1 fully saturated rings. The van der Waals surface area contributed by atoms with Crippen LogP contribution < -0.4 is 11.2 Å². The lowest BCUT2D eigenvalue weighted by Gasteiger charge is -2.15. The van der Waals surface area contributed by atoms with Crippen LogP contribution >= 0.6 is 0 Å². The molecule has 102 valence electrons. The zero-order chi connectivity index (χ0) is 13.8. The van der Waals surface area contributed by atoms with E-state index in [1.54, 1.807) is 6.20 Å². The van der Waals surface area contributed by atoms with Crippen molar-refractivity contribution >= 4 is 0 Å². The fourth-order valence-electron chi connectivity index (χ4n) is 2.15. The minimum atomic E-state index is -0.475. The number of aromatic amines is 1. The first-order chi connectivity index (χ1) is 9.15. The van der Waals surface area contributed by atoms with Crippen molar-refractivity contribution < 1.29 is 4.74 Å². The standard InChI is InChI=1S/C11H15N5O3/c1-2-7-6-16(11(18)14-10(7)17)9-4-3-8(19-9)5-13-15-12/h6,8-9H,2-5H2,1H3,(H,14,17,18)/t8-,9+/m1/s1. The minimum absolute atomic E-state index is 0.176. The van der Waals surface area contributed by atoms with Crippen LogP contribution in [0.15, 0.2) is 20.9 Å².